The molecule has 2 bridgehead atoms. The molecular weight excluding hydrogens is 705 g/mol. The molecule has 57 heavy (non-hydrogen) atoms. The van der Waals surface area contributed by atoms with Crippen molar-refractivity contribution in [2.45, 2.75) is 235 Å². The van der Waals surface area contributed by atoms with Crippen LogP contribution in [0.1, 0.15) is 235 Å². The fourth-order valence-corrected chi connectivity index (χ4v) is 9.82. The van der Waals surface area contributed by atoms with Gasteiger partial charge in [-0.2, -0.15) is 0 Å². The Kier molecular flexibility index (Phi) is 33.9. The van der Waals surface area contributed by atoms with Crippen LogP contribution in [0.25, 0.3) is 0 Å². The number of hydrogen-bond acceptors (Lipinski definition) is 6. The Morgan fingerprint density at radius 3 is 1.72 bits per heavy atom. The zero-order valence-electron chi connectivity index (χ0n) is 39.1. The van der Waals surface area contributed by atoms with Crippen molar-refractivity contribution in [3.63, 3.8) is 0 Å². The third-order valence-corrected chi connectivity index (χ3v) is 12.7. The Hall–Kier alpha value is -1.69. The van der Waals surface area contributed by atoms with Crippen molar-refractivity contribution >= 4 is 18.2 Å². The minimum Gasteiger partial charge on any atom is -0.466 e. The van der Waals surface area contributed by atoms with Crippen LogP contribution in [0.4, 0.5) is 0 Å². The lowest BCUT2D eigenvalue weighted by Gasteiger charge is -2.47. The SMILES string of the molecule is CC=N/C=C\C.CCCCCC(CCCCC)CCOC(=O)CCCCCCCN(CCCC)CCCCCCCCOC(=O)CC1(C)CC2CC(C)CC(C2)C1. The van der Waals surface area contributed by atoms with Gasteiger partial charge in [0, 0.05) is 18.8 Å². The number of allylic oxidation sites excluding steroid dienone is 1. The van der Waals surface area contributed by atoms with Crippen LogP contribution in [0, 0.1) is 29.1 Å². The third-order valence-electron chi connectivity index (χ3n) is 12.7. The van der Waals surface area contributed by atoms with Crippen molar-refractivity contribution in [2.24, 2.45) is 34.1 Å². The summed E-state index contributed by atoms with van der Waals surface area (Å²) in [6.07, 6.45) is 40.3. The normalized spacial score (nSPS) is 20.7. The topological polar surface area (TPSA) is 68.2 Å². The van der Waals surface area contributed by atoms with E-state index < -0.39 is 0 Å². The van der Waals surface area contributed by atoms with E-state index in [0.717, 1.165) is 49.4 Å². The smallest absolute Gasteiger partial charge is 0.306 e. The van der Waals surface area contributed by atoms with Gasteiger partial charge in [0.15, 0.2) is 0 Å². The predicted molar refractivity (Wildman–Crippen MR) is 246 cm³/mol. The summed E-state index contributed by atoms with van der Waals surface area (Å²) in [5.41, 5.74) is 0.164. The minimum atomic E-state index is 0.0145. The second kappa shape index (κ2) is 36.2. The molecule has 0 aliphatic heterocycles. The number of ether oxygens (including phenoxy) is 2. The number of rotatable bonds is 34. The van der Waals surface area contributed by atoms with Crippen LogP contribution >= 0.6 is 0 Å². The van der Waals surface area contributed by atoms with E-state index >= 15 is 0 Å². The number of hydrogen-bond donors (Lipinski definition) is 0. The molecule has 2 aliphatic carbocycles. The standard InChI is InChI=1S/C46H87NO4.C5H9N/c1-6-9-19-25-41(26-20-10-7-2)28-33-51-44(48)27-21-15-14-17-23-31-47(29-11-8-3)30-22-16-12-13-18-24-32-50-45(49)39-46(5)37-42-34-40(4)35-43(36-42)38-46;1-3-5-6-4-2/h40-43H,6-39H2,1-5H3;3-5H,1-2H3/b;5-3-,6-4?. The molecule has 2 aliphatic rings. The number of nitrogens with zero attached hydrogens (tertiary/aromatic N) is 2. The van der Waals surface area contributed by atoms with Crippen LogP contribution in [0.3, 0.4) is 0 Å². The van der Waals surface area contributed by atoms with Crippen LogP contribution < -0.4 is 0 Å². The summed E-state index contributed by atoms with van der Waals surface area (Å²) in [7, 11) is 0. The highest BCUT2D eigenvalue weighted by Gasteiger charge is 2.42. The van der Waals surface area contributed by atoms with E-state index in [1.807, 2.05) is 19.9 Å². The van der Waals surface area contributed by atoms with Crippen molar-refractivity contribution in [3.8, 4) is 0 Å². The maximum absolute atomic E-state index is 12.6. The summed E-state index contributed by atoms with van der Waals surface area (Å²) >= 11 is 0. The lowest BCUT2D eigenvalue weighted by molar-refractivity contribution is -0.148. The fourth-order valence-electron chi connectivity index (χ4n) is 9.82. The van der Waals surface area contributed by atoms with E-state index in [-0.39, 0.29) is 17.4 Å². The van der Waals surface area contributed by atoms with Gasteiger partial charge in [0.05, 0.1) is 19.6 Å². The molecule has 0 spiro atoms. The van der Waals surface area contributed by atoms with Crippen LogP contribution in [0.15, 0.2) is 17.3 Å². The molecule has 0 aromatic rings. The fraction of sp³-hybridized carbons (Fsp3) is 0.902. The molecule has 2 saturated carbocycles. The minimum absolute atomic E-state index is 0.0145. The highest BCUT2D eigenvalue weighted by atomic mass is 16.5. The van der Waals surface area contributed by atoms with Gasteiger partial charge in [-0.05, 0) is 133 Å². The van der Waals surface area contributed by atoms with E-state index in [2.05, 4.69) is 44.5 Å². The molecule has 0 heterocycles. The van der Waals surface area contributed by atoms with Crippen LogP contribution in [0.2, 0.25) is 0 Å². The molecule has 2 atom stereocenters. The molecule has 0 saturated heterocycles. The van der Waals surface area contributed by atoms with E-state index in [0.29, 0.717) is 26.1 Å². The summed E-state index contributed by atoms with van der Waals surface area (Å²) in [5, 5.41) is 0. The number of aliphatic imine (C=N–C) groups is 1. The number of carbonyl (C=O) groups is 2. The quantitative estimate of drug-likeness (QED) is 0.0368. The Morgan fingerprint density at radius 1 is 0.649 bits per heavy atom. The highest BCUT2D eigenvalue weighted by Crippen LogP contribution is 2.51. The van der Waals surface area contributed by atoms with Crippen LogP contribution in [-0.4, -0.2) is 55.9 Å². The van der Waals surface area contributed by atoms with Gasteiger partial charge >= 0.3 is 11.9 Å². The van der Waals surface area contributed by atoms with E-state index in [1.54, 1.807) is 12.4 Å². The number of carbonyl (C=O) groups excluding carboxylic acids is 2. The molecule has 0 aromatic heterocycles. The lowest BCUT2D eigenvalue weighted by atomic mass is 9.58. The van der Waals surface area contributed by atoms with Crippen LogP contribution in [0.5, 0.6) is 0 Å². The number of unbranched alkanes of at least 4 members (excludes halogenated alkanes) is 14. The zero-order valence-corrected chi connectivity index (χ0v) is 39.1. The first-order chi connectivity index (χ1) is 27.7. The summed E-state index contributed by atoms with van der Waals surface area (Å²) in [6, 6.07) is 0. The van der Waals surface area contributed by atoms with Crippen molar-refractivity contribution < 1.29 is 19.1 Å². The molecule has 0 radical (unpaired) electrons. The van der Waals surface area contributed by atoms with Gasteiger partial charge in [0.2, 0.25) is 0 Å². The van der Waals surface area contributed by atoms with Gasteiger partial charge in [-0.3, -0.25) is 14.6 Å². The molecule has 2 unspecified atom stereocenters. The number of esters is 2. The molecule has 334 valence electrons. The molecule has 6 heteroatoms. The average molecular weight is 801 g/mol. The third kappa shape index (κ3) is 30.1. The molecule has 0 amide bonds. The Morgan fingerprint density at radius 2 is 1.18 bits per heavy atom. The largest absolute Gasteiger partial charge is 0.466 e. The lowest BCUT2D eigenvalue weighted by Crippen LogP contribution is -2.37. The van der Waals surface area contributed by atoms with Gasteiger partial charge in [0.1, 0.15) is 0 Å². The summed E-state index contributed by atoms with van der Waals surface area (Å²) in [5.74, 6) is 3.32. The summed E-state index contributed by atoms with van der Waals surface area (Å²) in [6.45, 7) is 20.3. The maximum Gasteiger partial charge on any atom is 0.306 e. The Balaban J connectivity index is 0.00000250. The van der Waals surface area contributed by atoms with Gasteiger partial charge < -0.3 is 14.4 Å². The Bertz CT molecular complexity index is 973. The molecule has 6 nitrogen and oxygen atoms in total. The van der Waals surface area contributed by atoms with E-state index in [1.165, 1.54) is 167 Å². The molecule has 2 rings (SSSR count). The summed E-state index contributed by atoms with van der Waals surface area (Å²) in [4.78, 5) is 31.4. The average Bonchev–Trinajstić information content (AvgIpc) is 3.17. The van der Waals surface area contributed by atoms with E-state index in [9.17, 15) is 9.59 Å². The first-order valence-corrected chi connectivity index (χ1v) is 24.8. The van der Waals surface area contributed by atoms with Gasteiger partial charge in [-0.15, -0.1) is 0 Å². The molecule has 0 N–H and O–H groups in total. The van der Waals surface area contributed by atoms with Gasteiger partial charge in [-0.25, -0.2) is 0 Å². The van der Waals surface area contributed by atoms with E-state index in [4.69, 9.17) is 9.47 Å². The predicted octanol–water partition coefficient (Wildman–Crippen LogP) is 14.9. The molecule has 2 fully saturated rings. The van der Waals surface area contributed by atoms with Crippen LogP contribution in [-0.2, 0) is 19.1 Å². The monoisotopic (exact) mass is 801 g/mol. The first-order valence-electron chi connectivity index (χ1n) is 24.8. The van der Waals surface area contributed by atoms with Gasteiger partial charge in [-0.1, -0.05) is 143 Å². The van der Waals surface area contributed by atoms with Gasteiger partial charge in [0.25, 0.3) is 0 Å². The maximum atomic E-state index is 12.6. The first kappa shape index (κ1) is 53.3. The molecular formula is C51H96N2O4. The second-order valence-corrected chi connectivity index (χ2v) is 18.8. The number of fused-ring (bicyclic) bond motifs is 2. The molecule has 0 aromatic carbocycles. The Labute approximate surface area is 354 Å². The second-order valence-electron chi connectivity index (χ2n) is 18.8. The highest BCUT2D eigenvalue weighted by molar-refractivity contribution is 5.70. The van der Waals surface area contributed by atoms with Crippen molar-refractivity contribution in [3.05, 3.63) is 12.3 Å². The zero-order chi connectivity index (χ0) is 41.8. The van der Waals surface area contributed by atoms with Crippen molar-refractivity contribution in [1.82, 2.24) is 4.90 Å². The summed E-state index contributed by atoms with van der Waals surface area (Å²) < 4.78 is 11.4. The van der Waals surface area contributed by atoms with Crippen molar-refractivity contribution in [1.29, 1.82) is 0 Å². The van der Waals surface area contributed by atoms with Crippen molar-refractivity contribution in [2.75, 3.05) is 32.8 Å².